The Morgan fingerprint density at radius 1 is 1.52 bits per heavy atom. The average Bonchev–Trinajstić information content (AvgIpc) is 3.32. The highest BCUT2D eigenvalue weighted by Gasteiger charge is 2.15. The van der Waals surface area contributed by atoms with Gasteiger partial charge in [0, 0.05) is 25.1 Å². The molecule has 0 saturated carbocycles. The Bertz CT molecular complexity index is 605. The zero-order valence-electron chi connectivity index (χ0n) is 12.8. The first-order chi connectivity index (χ1) is 11.3. The quantitative estimate of drug-likeness (QED) is 0.750. The van der Waals surface area contributed by atoms with E-state index in [1.54, 1.807) is 17.7 Å². The van der Waals surface area contributed by atoms with Gasteiger partial charge in [0.1, 0.15) is 5.69 Å². The first-order valence-corrected chi connectivity index (χ1v) is 8.68. The normalized spacial score (nSPS) is 17.5. The molecule has 2 aromatic rings. The standard InChI is InChI=1S/C16H20N2O4S/c19-15(13-11-23-16(18-13)14-5-2-9-22-14)17-6-3-7-20-10-12-4-1-8-21-12/h2,5,9,11-12H,1,3-4,6-8,10H2,(H,17,19)/t12-/m0/s1. The molecule has 0 aliphatic carbocycles. The largest absolute Gasteiger partial charge is 0.462 e. The Balaban J connectivity index is 1.33. The monoisotopic (exact) mass is 336 g/mol. The zero-order chi connectivity index (χ0) is 15.9. The molecule has 7 heteroatoms. The van der Waals surface area contributed by atoms with Gasteiger partial charge in [0.25, 0.3) is 5.91 Å². The number of carbonyl (C=O) groups excluding carboxylic acids is 1. The van der Waals surface area contributed by atoms with Crippen LogP contribution in [0.2, 0.25) is 0 Å². The lowest BCUT2D eigenvalue weighted by Gasteiger charge is -2.10. The van der Waals surface area contributed by atoms with Gasteiger partial charge in [-0.25, -0.2) is 4.98 Å². The third-order valence-electron chi connectivity index (χ3n) is 3.55. The minimum absolute atomic E-state index is 0.168. The van der Waals surface area contributed by atoms with Crippen molar-refractivity contribution in [2.75, 3.05) is 26.4 Å². The lowest BCUT2D eigenvalue weighted by Crippen LogP contribution is -2.26. The maximum Gasteiger partial charge on any atom is 0.270 e. The Morgan fingerprint density at radius 2 is 2.48 bits per heavy atom. The zero-order valence-corrected chi connectivity index (χ0v) is 13.6. The second-order valence-corrected chi connectivity index (χ2v) is 6.19. The maximum absolute atomic E-state index is 12.0. The summed E-state index contributed by atoms with van der Waals surface area (Å²) in [6.07, 6.45) is 4.82. The van der Waals surface area contributed by atoms with Crippen LogP contribution in [0.15, 0.2) is 28.2 Å². The summed E-state index contributed by atoms with van der Waals surface area (Å²) < 4.78 is 16.3. The number of thiazole rings is 1. The van der Waals surface area contributed by atoms with Crippen LogP contribution < -0.4 is 5.32 Å². The van der Waals surface area contributed by atoms with Gasteiger partial charge in [0.2, 0.25) is 0 Å². The predicted molar refractivity (Wildman–Crippen MR) is 86.6 cm³/mol. The first kappa shape index (κ1) is 16.2. The number of ether oxygens (including phenoxy) is 2. The molecule has 6 nitrogen and oxygen atoms in total. The number of hydrogen-bond acceptors (Lipinski definition) is 6. The Morgan fingerprint density at radius 3 is 3.26 bits per heavy atom. The number of rotatable bonds is 8. The summed E-state index contributed by atoms with van der Waals surface area (Å²) in [4.78, 5) is 16.3. The minimum atomic E-state index is -0.168. The van der Waals surface area contributed by atoms with Crippen LogP contribution in [0, 0.1) is 0 Å². The van der Waals surface area contributed by atoms with E-state index in [4.69, 9.17) is 13.9 Å². The van der Waals surface area contributed by atoms with Crippen molar-refractivity contribution in [3.05, 3.63) is 29.5 Å². The minimum Gasteiger partial charge on any atom is -0.462 e. The van der Waals surface area contributed by atoms with Crippen LogP contribution >= 0.6 is 11.3 Å². The molecule has 0 spiro atoms. The molecule has 1 aliphatic rings. The highest BCUT2D eigenvalue weighted by molar-refractivity contribution is 7.13. The SMILES string of the molecule is O=C(NCCCOC[C@@H]1CCCO1)c1csc(-c2ccco2)n1. The fraction of sp³-hybridized carbons (Fsp3) is 0.500. The number of aromatic nitrogens is 1. The fourth-order valence-electron chi connectivity index (χ4n) is 2.35. The molecule has 1 amide bonds. The maximum atomic E-state index is 12.0. The van der Waals surface area contributed by atoms with Crippen molar-refractivity contribution in [1.29, 1.82) is 0 Å². The van der Waals surface area contributed by atoms with Crippen molar-refractivity contribution in [2.24, 2.45) is 0 Å². The van der Waals surface area contributed by atoms with Gasteiger partial charge in [-0.3, -0.25) is 4.79 Å². The molecule has 0 bridgehead atoms. The summed E-state index contributed by atoms with van der Waals surface area (Å²) in [7, 11) is 0. The van der Waals surface area contributed by atoms with Crippen LogP contribution in [0.1, 0.15) is 29.8 Å². The van der Waals surface area contributed by atoms with E-state index >= 15 is 0 Å². The lowest BCUT2D eigenvalue weighted by atomic mass is 10.2. The van der Waals surface area contributed by atoms with E-state index in [0.29, 0.717) is 36.2 Å². The first-order valence-electron chi connectivity index (χ1n) is 7.80. The second-order valence-electron chi connectivity index (χ2n) is 5.33. The van der Waals surface area contributed by atoms with Crippen molar-refractivity contribution in [3.8, 4) is 10.8 Å². The summed E-state index contributed by atoms with van der Waals surface area (Å²) in [6.45, 7) is 2.68. The van der Waals surface area contributed by atoms with E-state index in [1.807, 2.05) is 6.07 Å². The van der Waals surface area contributed by atoms with Crippen molar-refractivity contribution in [2.45, 2.75) is 25.4 Å². The lowest BCUT2D eigenvalue weighted by molar-refractivity contribution is 0.0166. The van der Waals surface area contributed by atoms with E-state index in [9.17, 15) is 4.79 Å². The Hall–Kier alpha value is -1.70. The molecule has 3 rings (SSSR count). The third kappa shape index (κ3) is 4.63. The van der Waals surface area contributed by atoms with Crippen LogP contribution in [-0.2, 0) is 9.47 Å². The van der Waals surface area contributed by atoms with E-state index < -0.39 is 0 Å². The van der Waals surface area contributed by atoms with Crippen LogP contribution in [0.4, 0.5) is 0 Å². The predicted octanol–water partition coefficient (Wildman–Crippen LogP) is 2.72. The van der Waals surface area contributed by atoms with Gasteiger partial charge in [-0.2, -0.15) is 0 Å². The molecule has 3 heterocycles. The van der Waals surface area contributed by atoms with E-state index in [2.05, 4.69) is 10.3 Å². The van der Waals surface area contributed by atoms with Crippen molar-refractivity contribution in [1.82, 2.24) is 10.3 Å². The Kier molecular flexibility index (Phi) is 5.79. The number of nitrogens with one attached hydrogen (secondary N) is 1. The molecule has 1 aliphatic heterocycles. The average molecular weight is 336 g/mol. The molecule has 0 aromatic carbocycles. The molecule has 23 heavy (non-hydrogen) atoms. The molecule has 0 unspecified atom stereocenters. The molecular weight excluding hydrogens is 316 g/mol. The van der Waals surface area contributed by atoms with Gasteiger partial charge in [0.05, 0.1) is 19.0 Å². The van der Waals surface area contributed by atoms with Crippen molar-refractivity contribution < 1.29 is 18.7 Å². The van der Waals surface area contributed by atoms with Gasteiger partial charge in [-0.05, 0) is 31.4 Å². The number of nitrogens with zero attached hydrogens (tertiary/aromatic N) is 1. The van der Waals surface area contributed by atoms with Crippen LogP contribution in [0.3, 0.4) is 0 Å². The van der Waals surface area contributed by atoms with Crippen LogP contribution in [-0.4, -0.2) is 43.4 Å². The molecule has 1 atom stereocenters. The highest BCUT2D eigenvalue weighted by Crippen LogP contribution is 2.23. The van der Waals surface area contributed by atoms with Gasteiger partial charge in [-0.15, -0.1) is 11.3 Å². The molecule has 1 fully saturated rings. The fourth-order valence-corrected chi connectivity index (χ4v) is 3.12. The second kappa shape index (κ2) is 8.24. The van der Waals surface area contributed by atoms with Crippen molar-refractivity contribution >= 4 is 17.2 Å². The van der Waals surface area contributed by atoms with Gasteiger partial charge < -0.3 is 19.2 Å². The molecule has 2 aromatic heterocycles. The smallest absolute Gasteiger partial charge is 0.270 e. The van der Waals surface area contributed by atoms with Gasteiger partial charge >= 0.3 is 0 Å². The number of carbonyl (C=O) groups is 1. The summed E-state index contributed by atoms with van der Waals surface area (Å²) in [5.41, 5.74) is 0.418. The molecule has 1 saturated heterocycles. The third-order valence-corrected chi connectivity index (χ3v) is 4.40. The topological polar surface area (TPSA) is 73.6 Å². The Labute approximate surface area is 138 Å². The van der Waals surface area contributed by atoms with Gasteiger partial charge in [0.15, 0.2) is 10.8 Å². The molecule has 0 radical (unpaired) electrons. The number of hydrogen-bond donors (Lipinski definition) is 1. The van der Waals surface area contributed by atoms with Crippen LogP contribution in [0.25, 0.3) is 10.8 Å². The summed E-state index contributed by atoms with van der Waals surface area (Å²) in [6, 6.07) is 3.62. The van der Waals surface area contributed by atoms with E-state index in [-0.39, 0.29) is 12.0 Å². The van der Waals surface area contributed by atoms with E-state index in [1.165, 1.54) is 11.3 Å². The molecule has 124 valence electrons. The molecular formula is C16H20N2O4S. The highest BCUT2D eigenvalue weighted by atomic mass is 32.1. The molecule has 1 N–H and O–H groups in total. The summed E-state index contributed by atoms with van der Waals surface area (Å²) in [5, 5.41) is 5.29. The summed E-state index contributed by atoms with van der Waals surface area (Å²) in [5.74, 6) is 0.509. The van der Waals surface area contributed by atoms with E-state index in [0.717, 1.165) is 25.9 Å². The van der Waals surface area contributed by atoms with Crippen molar-refractivity contribution in [3.63, 3.8) is 0 Å². The van der Waals surface area contributed by atoms with Crippen LogP contribution in [0.5, 0.6) is 0 Å². The number of furan rings is 1. The number of amides is 1. The van der Waals surface area contributed by atoms with Gasteiger partial charge in [-0.1, -0.05) is 0 Å². The summed E-state index contributed by atoms with van der Waals surface area (Å²) >= 11 is 1.39.